The van der Waals surface area contributed by atoms with Crippen LogP contribution in [0.1, 0.15) is 20.3 Å². The average molecular weight is 187 g/mol. The van der Waals surface area contributed by atoms with E-state index in [-0.39, 0.29) is 12.0 Å². The number of nitrogens with one attached hydrogen (secondary N) is 1. The number of aliphatic hydroxyl groups is 1. The summed E-state index contributed by atoms with van der Waals surface area (Å²) >= 11 is 0. The lowest BCUT2D eigenvalue weighted by atomic mass is 10.3. The summed E-state index contributed by atoms with van der Waals surface area (Å²) in [5.74, 6) is -1.46. The zero-order chi connectivity index (χ0) is 10.4. The van der Waals surface area contributed by atoms with Crippen LogP contribution in [0.2, 0.25) is 0 Å². The predicted octanol–water partition coefficient (Wildman–Crippen LogP) is -0.0922. The molecule has 0 bridgehead atoms. The Hall–Kier alpha value is -1.36. The van der Waals surface area contributed by atoms with Gasteiger partial charge in [-0.2, -0.15) is 5.48 Å². The third-order valence-electron chi connectivity index (χ3n) is 1.29. The molecule has 0 heterocycles. The van der Waals surface area contributed by atoms with Crippen LogP contribution in [0.25, 0.3) is 0 Å². The Morgan fingerprint density at radius 3 is 2.54 bits per heavy atom. The minimum Gasteiger partial charge on any atom is -0.381 e. The Morgan fingerprint density at radius 2 is 2.15 bits per heavy atom. The van der Waals surface area contributed by atoms with E-state index < -0.39 is 18.0 Å². The lowest BCUT2D eigenvalue weighted by Crippen LogP contribution is -2.32. The van der Waals surface area contributed by atoms with Gasteiger partial charge in [0.05, 0.1) is 0 Å². The summed E-state index contributed by atoms with van der Waals surface area (Å²) in [5.41, 5.74) is 2.07. The summed E-state index contributed by atoms with van der Waals surface area (Å²) in [5, 5.41) is 8.93. The highest BCUT2D eigenvalue weighted by Crippen LogP contribution is 1.93. The van der Waals surface area contributed by atoms with E-state index >= 15 is 0 Å². The van der Waals surface area contributed by atoms with E-state index in [2.05, 4.69) is 11.4 Å². The normalized spacial score (nSPS) is 11.6. The molecule has 0 saturated heterocycles. The molecule has 1 atom stereocenters. The van der Waals surface area contributed by atoms with Gasteiger partial charge in [0, 0.05) is 5.57 Å². The minimum atomic E-state index is -1.20. The summed E-state index contributed by atoms with van der Waals surface area (Å²) in [7, 11) is 0. The number of rotatable bonds is 3. The molecule has 0 aromatic carbocycles. The molecule has 5 heteroatoms. The van der Waals surface area contributed by atoms with Crippen LogP contribution in [0.5, 0.6) is 0 Å². The Bertz CT molecular complexity index is 224. The molecule has 0 aromatic rings. The second-order valence-corrected chi connectivity index (χ2v) is 2.56. The van der Waals surface area contributed by atoms with Crippen molar-refractivity contribution in [3.63, 3.8) is 0 Å². The first-order valence-electron chi connectivity index (χ1n) is 3.83. The molecule has 2 N–H and O–H groups in total. The standard InChI is InChI=1S/C8H13NO4/c1-4-6(10)8(12)13-9-7(11)5(2)3/h6,10H,2,4H2,1,3H3,(H,9,11). The van der Waals surface area contributed by atoms with Crippen LogP contribution >= 0.6 is 0 Å². The number of hydroxylamine groups is 1. The maximum atomic E-state index is 10.8. The molecular formula is C8H13NO4. The Kier molecular flexibility index (Phi) is 4.76. The van der Waals surface area contributed by atoms with Gasteiger partial charge in [-0.15, -0.1) is 0 Å². The first-order valence-corrected chi connectivity index (χ1v) is 3.83. The van der Waals surface area contributed by atoms with Crippen molar-refractivity contribution >= 4 is 11.9 Å². The van der Waals surface area contributed by atoms with Crippen molar-refractivity contribution in [2.75, 3.05) is 0 Å². The topological polar surface area (TPSA) is 75.6 Å². The Labute approximate surface area is 76.3 Å². The van der Waals surface area contributed by atoms with E-state index in [0.29, 0.717) is 0 Å². The molecule has 5 nitrogen and oxygen atoms in total. The highest BCUT2D eigenvalue weighted by molar-refractivity contribution is 5.92. The molecule has 0 spiro atoms. The number of hydrogen-bond donors (Lipinski definition) is 2. The predicted molar refractivity (Wildman–Crippen MR) is 45.3 cm³/mol. The van der Waals surface area contributed by atoms with Crippen molar-refractivity contribution in [1.82, 2.24) is 5.48 Å². The molecule has 0 saturated carbocycles. The summed E-state index contributed by atoms with van der Waals surface area (Å²) < 4.78 is 0. The van der Waals surface area contributed by atoms with Gasteiger partial charge in [-0.1, -0.05) is 13.5 Å². The lowest BCUT2D eigenvalue weighted by molar-refractivity contribution is -0.165. The highest BCUT2D eigenvalue weighted by atomic mass is 16.7. The van der Waals surface area contributed by atoms with E-state index in [9.17, 15) is 9.59 Å². The van der Waals surface area contributed by atoms with Crippen LogP contribution in [-0.4, -0.2) is 23.1 Å². The summed E-state index contributed by atoms with van der Waals surface area (Å²) in [4.78, 5) is 25.8. The van der Waals surface area contributed by atoms with Gasteiger partial charge in [-0.05, 0) is 13.3 Å². The fourth-order valence-electron chi connectivity index (χ4n) is 0.418. The fourth-order valence-corrected chi connectivity index (χ4v) is 0.418. The first kappa shape index (κ1) is 11.6. The van der Waals surface area contributed by atoms with Crippen molar-refractivity contribution in [1.29, 1.82) is 0 Å². The third-order valence-corrected chi connectivity index (χ3v) is 1.29. The maximum Gasteiger partial charge on any atom is 0.360 e. The van der Waals surface area contributed by atoms with Gasteiger partial charge in [0.15, 0.2) is 6.10 Å². The zero-order valence-electron chi connectivity index (χ0n) is 7.66. The molecule has 74 valence electrons. The smallest absolute Gasteiger partial charge is 0.360 e. The fraction of sp³-hybridized carbons (Fsp3) is 0.500. The third kappa shape index (κ3) is 4.27. The molecule has 0 rings (SSSR count). The first-order chi connectivity index (χ1) is 5.99. The van der Waals surface area contributed by atoms with Crippen molar-refractivity contribution in [3.05, 3.63) is 12.2 Å². The molecule has 0 fully saturated rings. The SMILES string of the molecule is C=C(C)C(=O)NOC(=O)C(O)CC. The van der Waals surface area contributed by atoms with Crippen LogP contribution in [0.3, 0.4) is 0 Å². The van der Waals surface area contributed by atoms with Gasteiger partial charge in [-0.25, -0.2) is 4.79 Å². The number of carbonyl (C=O) groups excluding carboxylic acids is 2. The van der Waals surface area contributed by atoms with E-state index in [1.165, 1.54) is 6.92 Å². The van der Waals surface area contributed by atoms with Gasteiger partial charge in [0.25, 0.3) is 5.91 Å². The molecule has 13 heavy (non-hydrogen) atoms. The van der Waals surface area contributed by atoms with Gasteiger partial charge >= 0.3 is 5.97 Å². The number of hydrogen-bond acceptors (Lipinski definition) is 4. The van der Waals surface area contributed by atoms with E-state index in [1.807, 2.05) is 5.48 Å². The quantitative estimate of drug-likeness (QED) is 0.478. The van der Waals surface area contributed by atoms with E-state index in [4.69, 9.17) is 5.11 Å². The summed E-state index contributed by atoms with van der Waals surface area (Å²) in [6.07, 6.45) is -0.965. The van der Waals surface area contributed by atoms with E-state index in [0.717, 1.165) is 0 Å². The molecule has 0 aliphatic heterocycles. The van der Waals surface area contributed by atoms with Gasteiger partial charge in [-0.3, -0.25) is 4.79 Å². The summed E-state index contributed by atoms with van der Waals surface area (Å²) in [6.45, 7) is 6.42. The molecule has 0 aromatic heterocycles. The van der Waals surface area contributed by atoms with Crippen molar-refractivity contribution in [2.45, 2.75) is 26.4 Å². The average Bonchev–Trinajstić information content (AvgIpc) is 2.11. The Morgan fingerprint density at radius 1 is 1.62 bits per heavy atom. The lowest BCUT2D eigenvalue weighted by Gasteiger charge is -2.07. The molecule has 0 aliphatic rings. The molecule has 0 aliphatic carbocycles. The van der Waals surface area contributed by atoms with Crippen LogP contribution in [0.15, 0.2) is 12.2 Å². The van der Waals surface area contributed by atoms with Crippen LogP contribution in [0.4, 0.5) is 0 Å². The second kappa shape index (κ2) is 5.31. The molecule has 1 amide bonds. The largest absolute Gasteiger partial charge is 0.381 e. The number of carbonyl (C=O) groups is 2. The number of amides is 1. The van der Waals surface area contributed by atoms with Crippen LogP contribution < -0.4 is 5.48 Å². The number of aliphatic hydroxyl groups excluding tert-OH is 1. The monoisotopic (exact) mass is 187 g/mol. The second-order valence-electron chi connectivity index (χ2n) is 2.56. The molecule has 1 unspecified atom stereocenters. The maximum absolute atomic E-state index is 10.8. The minimum absolute atomic E-state index is 0.221. The van der Waals surface area contributed by atoms with Gasteiger partial charge < -0.3 is 9.94 Å². The van der Waals surface area contributed by atoms with Crippen molar-refractivity contribution in [3.8, 4) is 0 Å². The van der Waals surface area contributed by atoms with E-state index in [1.54, 1.807) is 6.92 Å². The molecular weight excluding hydrogens is 174 g/mol. The van der Waals surface area contributed by atoms with Gasteiger partial charge in [0.1, 0.15) is 0 Å². The zero-order valence-corrected chi connectivity index (χ0v) is 7.66. The highest BCUT2D eigenvalue weighted by Gasteiger charge is 2.15. The van der Waals surface area contributed by atoms with Gasteiger partial charge in [0.2, 0.25) is 0 Å². The van der Waals surface area contributed by atoms with Crippen LogP contribution in [0, 0.1) is 0 Å². The van der Waals surface area contributed by atoms with Crippen molar-refractivity contribution < 1.29 is 19.5 Å². The Balaban J connectivity index is 3.83. The molecule has 0 radical (unpaired) electrons. The van der Waals surface area contributed by atoms with Crippen LogP contribution in [-0.2, 0) is 14.4 Å². The summed E-state index contributed by atoms with van der Waals surface area (Å²) in [6, 6.07) is 0. The van der Waals surface area contributed by atoms with Crippen molar-refractivity contribution in [2.24, 2.45) is 0 Å².